The molecule has 0 spiro atoms. The van der Waals surface area contributed by atoms with Gasteiger partial charge in [-0.1, -0.05) is 65.0 Å². The average molecular weight is 449 g/mol. The summed E-state index contributed by atoms with van der Waals surface area (Å²) in [6.45, 7) is 19.8. The van der Waals surface area contributed by atoms with Crippen LogP contribution in [0.1, 0.15) is 66.9 Å². The Kier molecular flexibility index (Phi) is 10.3. The van der Waals surface area contributed by atoms with Gasteiger partial charge < -0.3 is 14.0 Å². The second-order valence-corrected chi connectivity index (χ2v) is 15.7. The molecule has 31 heavy (non-hydrogen) atoms. The van der Waals surface area contributed by atoms with Crippen molar-refractivity contribution < 1.29 is 18.8 Å². The quantitative estimate of drug-likeness (QED) is 0.151. The Bertz CT molecular complexity index is 691. The zero-order valence-electron chi connectivity index (χ0n) is 21.2. The van der Waals surface area contributed by atoms with Crippen LogP contribution in [0.2, 0.25) is 18.1 Å². The monoisotopic (exact) mass is 448 g/mol. The first-order chi connectivity index (χ1) is 14.2. The smallest absolute Gasteiger partial charge is 0.192 e. The van der Waals surface area contributed by atoms with Crippen LogP contribution in [0.5, 0.6) is 0 Å². The highest BCUT2D eigenvalue weighted by molar-refractivity contribution is 6.74. The van der Waals surface area contributed by atoms with E-state index in [1.54, 1.807) is 13.8 Å². The van der Waals surface area contributed by atoms with Crippen molar-refractivity contribution in [2.45, 2.75) is 92.2 Å². The second kappa shape index (κ2) is 11.5. The molecule has 4 nitrogen and oxygen atoms in total. The fourth-order valence-electron chi connectivity index (χ4n) is 3.46. The molecule has 176 valence electrons. The minimum absolute atomic E-state index is 0.0432. The lowest BCUT2D eigenvalue weighted by molar-refractivity contribution is -0.138. The summed E-state index contributed by atoms with van der Waals surface area (Å²) in [5.74, 6) is -0.191. The second-order valence-electron chi connectivity index (χ2n) is 11.0. The maximum Gasteiger partial charge on any atom is 0.192 e. The van der Waals surface area contributed by atoms with Crippen LogP contribution in [-0.2, 0) is 25.4 Å². The molecule has 1 aromatic carbocycles. The van der Waals surface area contributed by atoms with E-state index < -0.39 is 13.7 Å². The van der Waals surface area contributed by atoms with Crippen molar-refractivity contribution in [3.8, 4) is 0 Å². The number of ketones is 1. The Morgan fingerprint density at radius 1 is 1.06 bits per heavy atom. The summed E-state index contributed by atoms with van der Waals surface area (Å²) < 4.78 is 12.6. The third-order valence-electron chi connectivity index (χ3n) is 6.69. The Balaban J connectivity index is 2.81. The number of hydrogen-bond donors (Lipinski definition) is 0. The summed E-state index contributed by atoms with van der Waals surface area (Å²) >= 11 is 0. The van der Waals surface area contributed by atoms with E-state index in [9.17, 15) is 9.59 Å². The summed E-state index contributed by atoms with van der Waals surface area (Å²) in [6, 6.07) is 10.2. The highest BCUT2D eigenvalue weighted by Crippen LogP contribution is 2.40. The molecule has 0 aliphatic heterocycles. The normalized spacial score (nSPS) is 15.9. The first-order valence-corrected chi connectivity index (χ1v) is 14.4. The molecular weight excluding hydrogens is 404 g/mol. The highest BCUT2D eigenvalue weighted by Gasteiger charge is 2.44. The number of rotatable bonds is 13. The number of benzene rings is 1. The fourth-order valence-corrected chi connectivity index (χ4v) is 4.93. The van der Waals surface area contributed by atoms with Crippen molar-refractivity contribution in [2.75, 3.05) is 6.61 Å². The molecule has 1 aromatic rings. The van der Waals surface area contributed by atoms with Gasteiger partial charge in [-0.05, 0) is 56.3 Å². The maximum absolute atomic E-state index is 13.1. The zero-order chi connectivity index (χ0) is 23.9. The van der Waals surface area contributed by atoms with Crippen molar-refractivity contribution in [2.24, 2.45) is 17.3 Å². The van der Waals surface area contributed by atoms with Crippen molar-refractivity contribution in [1.82, 2.24) is 0 Å². The van der Waals surface area contributed by atoms with Gasteiger partial charge in [-0.2, -0.15) is 0 Å². The molecule has 0 N–H and O–H groups in total. The first kappa shape index (κ1) is 27.7. The third-order valence-corrected chi connectivity index (χ3v) is 11.2. The number of Topliss-reactive ketones (excluding diaryl/α,β-unsaturated/α-hetero) is 1. The SMILES string of the molecule is C[C@@H](CCCOCc1ccccc1)[C@H](O[Si](C)(C)C(C)(C)C)[C@@H](C)C(=O)C(C)(C)C=O. The molecule has 0 fully saturated rings. The van der Waals surface area contributed by atoms with Crippen molar-refractivity contribution in [3.05, 3.63) is 35.9 Å². The van der Waals surface area contributed by atoms with Crippen LogP contribution in [0.25, 0.3) is 0 Å². The highest BCUT2D eigenvalue weighted by atomic mass is 28.4. The van der Waals surface area contributed by atoms with E-state index in [0.29, 0.717) is 13.2 Å². The van der Waals surface area contributed by atoms with Gasteiger partial charge in [0.05, 0.1) is 18.1 Å². The van der Waals surface area contributed by atoms with E-state index in [0.717, 1.165) is 19.1 Å². The molecule has 0 unspecified atom stereocenters. The third kappa shape index (κ3) is 8.28. The van der Waals surface area contributed by atoms with Gasteiger partial charge in [0.15, 0.2) is 14.1 Å². The van der Waals surface area contributed by atoms with Crippen LogP contribution in [0.4, 0.5) is 0 Å². The van der Waals surface area contributed by atoms with Crippen LogP contribution < -0.4 is 0 Å². The number of ether oxygens (including phenoxy) is 1. The standard InChI is InChI=1S/C26H44O4Si/c1-20(14-13-17-29-18-22-15-11-10-12-16-22)23(30-31(8,9)25(3,4)5)21(2)24(28)26(6,7)19-27/h10-12,15-16,19-21,23H,13-14,17-18H2,1-9H3/t20-,21+,23-/m0/s1. The summed E-state index contributed by atoms with van der Waals surface area (Å²) in [7, 11) is -2.08. The molecule has 0 aliphatic rings. The summed E-state index contributed by atoms with van der Waals surface area (Å²) in [6.07, 6.45) is 2.37. The molecule has 0 aromatic heterocycles. The van der Waals surface area contributed by atoms with Gasteiger partial charge in [0.1, 0.15) is 6.29 Å². The number of carbonyl (C=O) groups excluding carboxylic acids is 2. The lowest BCUT2D eigenvalue weighted by Gasteiger charge is -2.43. The van der Waals surface area contributed by atoms with Gasteiger partial charge in [0.25, 0.3) is 0 Å². The molecule has 0 bridgehead atoms. The molecule has 0 aliphatic carbocycles. The first-order valence-electron chi connectivity index (χ1n) is 11.5. The molecule has 3 atom stereocenters. The zero-order valence-corrected chi connectivity index (χ0v) is 22.2. The Morgan fingerprint density at radius 2 is 1.65 bits per heavy atom. The number of aldehydes is 1. The molecule has 0 radical (unpaired) electrons. The summed E-state index contributed by atoms with van der Waals surface area (Å²) in [4.78, 5) is 24.6. The largest absolute Gasteiger partial charge is 0.413 e. The van der Waals surface area contributed by atoms with E-state index in [-0.39, 0.29) is 28.8 Å². The van der Waals surface area contributed by atoms with Gasteiger partial charge in [0, 0.05) is 12.5 Å². The maximum atomic E-state index is 13.1. The van der Waals surface area contributed by atoms with Crippen LogP contribution in [0.3, 0.4) is 0 Å². The van der Waals surface area contributed by atoms with Gasteiger partial charge >= 0.3 is 0 Å². The van der Waals surface area contributed by atoms with Gasteiger partial charge in [-0.15, -0.1) is 0 Å². The van der Waals surface area contributed by atoms with E-state index in [1.807, 2.05) is 25.1 Å². The Labute approximate surface area is 191 Å². The minimum atomic E-state index is -2.08. The molecule has 0 heterocycles. The summed E-state index contributed by atoms with van der Waals surface area (Å²) in [5, 5.41) is 0.0483. The van der Waals surface area contributed by atoms with E-state index in [2.05, 4.69) is 52.9 Å². The van der Waals surface area contributed by atoms with Crippen molar-refractivity contribution in [3.63, 3.8) is 0 Å². The molecule has 0 saturated carbocycles. The van der Waals surface area contributed by atoms with Crippen molar-refractivity contribution in [1.29, 1.82) is 0 Å². The van der Waals surface area contributed by atoms with E-state index in [1.165, 1.54) is 5.56 Å². The minimum Gasteiger partial charge on any atom is -0.413 e. The average Bonchev–Trinajstić information content (AvgIpc) is 2.70. The predicted molar refractivity (Wildman–Crippen MR) is 131 cm³/mol. The Morgan fingerprint density at radius 3 is 2.16 bits per heavy atom. The molecule has 5 heteroatoms. The van der Waals surface area contributed by atoms with Crippen LogP contribution >= 0.6 is 0 Å². The molecule has 1 rings (SSSR count). The Hall–Kier alpha value is -1.30. The molecular formula is C26H44O4Si. The number of carbonyl (C=O) groups is 2. The predicted octanol–water partition coefficient (Wildman–Crippen LogP) is 6.44. The summed E-state index contributed by atoms with van der Waals surface area (Å²) in [5.41, 5.74) is 0.178. The van der Waals surface area contributed by atoms with Crippen LogP contribution in [0, 0.1) is 17.3 Å². The molecule has 0 amide bonds. The van der Waals surface area contributed by atoms with Crippen LogP contribution in [0.15, 0.2) is 30.3 Å². The van der Waals surface area contributed by atoms with E-state index in [4.69, 9.17) is 9.16 Å². The van der Waals surface area contributed by atoms with E-state index >= 15 is 0 Å². The fraction of sp³-hybridized carbons (Fsp3) is 0.692. The van der Waals surface area contributed by atoms with Crippen molar-refractivity contribution >= 4 is 20.4 Å². The lowest BCUT2D eigenvalue weighted by atomic mass is 9.78. The number of hydrogen-bond acceptors (Lipinski definition) is 4. The topological polar surface area (TPSA) is 52.6 Å². The van der Waals surface area contributed by atoms with Gasteiger partial charge in [-0.25, -0.2) is 0 Å². The lowest BCUT2D eigenvalue weighted by Crippen LogP contribution is -2.50. The van der Waals surface area contributed by atoms with Gasteiger partial charge in [-0.3, -0.25) is 4.79 Å². The molecule has 0 saturated heterocycles. The van der Waals surface area contributed by atoms with Gasteiger partial charge in [0.2, 0.25) is 0 Å². The van der Waals surface area contributed by atoms with Crippen LogP contribution in [-0.4, -0.2) is 33.1 Å².